The molecular weight excluding hydrogens is 175 g/mol. The van der Waals surface area contributed by atoms with Crippen molar-refractivity contribution in [2.45, 2.75) is 32.1 Å². The largest absolute Gasteiger partial charge is 0.0533 e. The molecule has 0 N–H and O–H groups in total. The van der Waals surface area contributed by atoms with E-state index >= 15 is 0 Å². The van der Waals surface area contributed by atoms with Gasteiger partial charge in [0.05, 0.1) is 0 Å². The molecule has 0 aromatic heterocycles. The van der Waals surface area contributed by atoms with Crippen molar-refractivity contribution in [1.82, 2.24) is 0 Å². The van der Waals surface area contributed by atoms with Gasteiger partial charge in [0, 0.05) is 16.8 Å². The zero-order valence-electron chi connectivity index (χ0n) is 5.84. The Hall–Kier alpha value is -0.0135. The van der Waals surface area contributed by atoms with Crippen LogP contribution in [0.4, 0.5) is 0 Å². The minimum Gasteiger partial charge on any atom is -0.0533 e. The van der Waals surface area contributed by atoms with E-state index < -0.39 is 0 Å². The molecule has 3 heteroatoms. The van der Waals surface area contributed by atoms with Crippen LogP contribution in [-0.4, -0.2) is 0 Å². The summed E-state index contributed by atoms with van der Waals surface area (Å²) in [6, 6.07) is 0. The maximum atomic E-state index is 7.75. The zero-order valence-corrected chi connectivity index (χ0v) is 6.88. The van der Waals surface area contributed by atoms with E-state index in [4.69, 9.17) is 9.30 Å². The van der Waals surface area contributed by atoms with Crippen molar-refractivity contribution < 1.29 is 26.1 Å². The molecule has 10 heavy (non-hydrogen) atoms. The minimum atomic E-state index is 0. The van der Waals surface area contributed by atoms with Crippen LogP contribution in [0.1, 0.15) is 32.1 Å². The molecule has 1 saturated carbocycles. The molecule has 0 aromatic carbocycles. The molecule has 0 bridgehead atoms. The second-order valence-corrected chi connectivity index (χ2v) is 1.77. The SMILES string of the molecule is C#[O+].C#[O+].C1CCCC1.[Co]. The summed E-state index contributed by atoms with van der Waals surface area (Å²) < 4.78 is 15.5. The Balaban J connectivity index is -0.0000000875. The average molecular weight is 187 g/mol. The van der Waals surface area contributed by atoms with Crippen LogP contribution in [0.5, 0.6) is 0 Å². The van der Waals surface area contributed by atoms with Crippen molar-refractivity contribution in [3.8, 4) is 13.3 Å². The molecule has 0 atom stereocenters. The number of hydrogen-bond donors (Lipinski definition) is 0. The molecule has 1 aliphatic carbocycles. The second-order valence-electron chi connectivity index (χ2n) is 1.77. The standard InChI is InChI=1S/C5H10.2CHO.Co/c1-2-4-5-3-1;2*1-2;/h1-5H2;2*1H;/q;2*+1;. The predicted molar refractivity (Wildman–Crippen MR) is 34.3 cm³/mol. The molecule has 0 amide bonds. The summed E-state index contributed by atoms with van der Waals surface area (Å²) in [5, 5.41) is 0. The third-order valence-corrected chi connectivity index (χ3v) is 1.25. The molecule has 0 spiro atoms. The fourth-order valence-corrected chi connectivity index (χ4v) is 0.884. The van der Waals surface area contributed by atoms with Crippen molar-refractivity contribution in [2.75, 3.05) is 0 Å². The average Bonchev–Trinajstić information content (AvgIpc) is 2.51. The quantitative estimate of drug-likeness (QED) is 0.520. The fraction of sp³-hybridized carbons (Fsp3) is 0.714. The normalized spacial score (nSPS) is 12.4. The molecule has 2 nitrogen and oxygen atoms in total. The van der Waals surface area contributed by atoms with Gasteiger partial charge in [-0.1, -0.05) is 32.1 Å². The summed E-state index contributed by atoms with van der Waals surface area (Å²) in [4.78, 5) is 0. The van der Waals surface area contributed by atoms with E-state index in [1.54, 1.807) is 0 Å². The predicted octanol–water partition coefficient (Wildman–Crippen LogP) is 1.96. The first-order valence-electron chi connectivity index (χ1n) is 2.97. The van der Waals surface area contributed by atoms with E-state index in [2.05, 4.69) is 13.3 Å². The van der Waals surface area contributed by atoms with Gasteiger partial charge in [-0.25, -0.2) is 0 Å². The zero-order chi connectivity index (χ0) is 7.54. The van der Waals surface area contributed by atoms with E-state index in [1.807, 2.05) is 0 Å². The fourth-order valence-electron chi connectivity index (χ4n) is 0.884. The van der Waals surface area contributed by atoms with E-state index in [-0.39, 0.29) is 16.8 Å². The Bertz CT molecular complexity index is 60.6. The van der Waals surface area contributed by atoms with Crippen molar-refractivity contribution in [3.63, 3.8) is 0 Å². The summed E-state index contributed by atoms with van der Waals surface area (Å²) in [6.45, 7) is 6.50. The summed E-state index contributed by atoms with van der Waals surface area (Å²) in [7, 11) is 0. The Morgan fingerprint density at radius 2 is 0.700 bits per heavy atom. The third-order valence-electron chi connectivity index (χ3n) is 1.25. The van der Waals surface area contributed by atoms with Crippen LogP contribution in [-0.2, 0) is 26.1 Å². The Kier molecular flexibility index (Phi) is 38.1. The van der Waals surface area contributed by atoms with Crippen molar-refractivity contribution >= 4 is 0 Å². The molecule has 1 rings (SSSR count). The molecule has 0 aliphatic heterocycles. The Morgan fingerprint density at radius 3 is 0.800 bits per heavy atom. The van der Waals surface area contributed by atoms with Gasteiger partial charge < -0.3 is 0 Å². The van der Waals surface area contributed by atoms with E-state index in [0.29, 0.717) is 0 Å². The molecule has 0 aromatic rings. The summed E-state index contributed by atoms with van der Waals surface area (Å²) in [5.74, 6) is 0. The van der Waals surface area contributed by atoms with Gasteiger partial charge >= 0.3 is 22.6 Å². The van der Waals surface area contributed by atoms with Gasteiger partial charge in [0.25, 0.3) is 0 Å². The van der Waals surface area contributed by atoms with Crippen LogP contribution >= 0.6 is 0 Å². The van der Waals surface area contributed by atoms with Crippen LogP contribution < -0.4 is 0 Å². The van der Waals surface area contributed by atoms with Crippen LogP contribution in [0.3, 0.4) is 0 Å². The third kappa shape index (κ3) is 15.7. The molecule has 1 fully saturated rings. The summed E-state index contributed by atoms with van der Waals surface area (Å²) >= 11 is 0. The summed E-state index contributed by atoms with van der Waals surface area (Å²) in [5.41, 5.74) is 0. The van der Waals surface area contributed by atoms with Crippen LogP contribution in [0.25, 0.3) is 0 Å². The van der Waals surface area contributed by atoms with Crippen LogP contribution in [0.2, 0.25) is 0 Å². The molecule has 1 radical (unpaired) electrons. The number of hydrogen-bond acceptors (Lipinski definition) is 0. The van der Waals surface area contributed by atoms with Crippen molar-refractivity contribution in [2.24, 2.45) is 0 Å². The molecule has 59 valence electrons. The molecule has 1 aliphatic rings. The Morgan fingerprint density at radius 1 is 0.600 bits per heavy atom. The van der Waals surface area contributed by atoms with E-state index in [0.717, 1.165) is 0 Å². The van der Waals surface area contributed by atoms with Gasteiger partial charge in [0.1, 0.15) is 0 Å². The maximum absolute atomic E-state index is 7.75. The number of rotatable bonds is 0. The molecule has 0 saturated heterocycles. The summed E-state index contributed by atoms with van der Waals surface area (Å²) in [6.07, 6.45) is 7.50. The molecular formula is C7H12CoO2+2. The van der Waals surface area contributed by atoms with Gasteiger partial charge in [-0.05, 0) is 0 Å². The monoisotopic (exact) mass is 187 g/mol. The maximum Gasteiger partial charge on any atom is 0 e. The van der Waals surface area contributed by atoms with Gasteiger partial charge in [0.15, 0.2) is 0 Å². The first-order valence-corrected chi connectivity index (χ1v) is 2.97. The van der Waals surface area contributed by atoms with E-state index in [9.17, 15) is 0 Å². The van der Waals surface area contributed by atoms with Gasteiger partial charge in [-0.3, -0.25) is 0 Å². The second kappa shape index (κ2) is 23.1. The van der Waals surface area contributed by atoms with Crippen molar-refractivity contribution in [3.05, 3.63) is 0 Å². The Labute approximate surface area is 72.0 Å². The molecule has 0 heterocycles. The van der Waals surface area contributed by atoms with Gasteiger partial charge in [0.2, 0.25) is 0 Å². The smallest absolute Gasteiger partial charge is 0 e. The molecule has 0 unspecified atom stereocenters. The van der Waals surface area contributed by atoms with Crippen molar-refractivity contribution in [1.29, 1.82) is 0 Å². The van der Waals surface area contributed by atoms with Crippen LogP contribution in [0.15, 0.2) is 0 Å². The van der Waals surface area contributed by atoms with E-state index in [1.165, 1.54) is 32.1 Å². The van der Waals surface area contributed by atoms with Gasteiger partial charge in [-0.15, -0.1) is 0 Å². The first-order chi connectivity index (χ1) is 4.50. The first kappa shape index (κ1) is 16.5. The van der Waals surface area contributed by atoms with Gasteiger partial charge in [-0.2, -0.15) is 0 Å². The van der Waals surface area contributed by atoms with Crippen LogP contribution in [0, 0.1) is 13.3 Å². The minimum absolute atomic E-state index is 0. The topological polar surface area (TPSA) is 39.8 Å².